The Bertz CT molecular complexity index is 686. The smallest absolute Gasteiger partial charge is 0.222 e. The van der Waals surface area contributed by atoms with Gasteiger partial charge in [-0.25, -0.2) is 51.0 Å². The third-order valence-corrected chi connectivity index (χ3v) is 2.60. The van der Waals surface area contributed by atoms with Crippen LogP contribution in [0.1, 0.15) is 24.0 Å². The molecular formula is C19H19N5O5. The molecule has 0 aliphatic carbocycles. The normalized spacial score (nSPS) is 6.41. The van der Waals surface area contributed by atoms with E-state index in [9.17, 15) is 0 Å². The number of benzene rings is 2. The van der Waals surface area contributed by atoms with Crippen molar-refractivity contribution >= 4 is 30.4 Å². The molecule has 0 fully saturated rings. The largest absolute Gasteiger partial charge is 0.231 e. The second kappa shape index (κ2) is 31.1. The first kappa shape index (κ1) is 32.0. The SMILES string of the molecule is CC(c1ccccc1)c1ccccc1.N=C=O.N=C=O.N=C=O.N=C=O.N=C=O. The van der Waals surface area contributed by atoms with Gasteiger partial charge in [-0.1, -0.05) is 67.6 Å². The van der Waals surface area contributed by atoms with E-state index in [2.05, 4.69) is 67.6 Å². The van der Waals surface area contributed by atoms with Gasteiger partial charge in [0.1, 0.15) is 0 Å². The van der Waals surface area contributed by atoms with E-state index >= 15 is 0 Å². The first-order valence-corrected chi connectivity index (χ1v) is 7.25. The summed E-state index contributed by atoms with van der Waals surface area (Å²) in [6.45, 7) is 2.24. The van der Waals surface area contributed by atoms with Crippen molar-refractivity contribution in [1.82, 2.24) is 0 Å². The fraction of sp³-hybridized carbons (Fsp3) is 0.105. The highest BCUT2D eigenvalue weighted by atomic mass is 16.1. The van der Waals surface area contributed by atoms with Gasteiger partial charge in [-0.2, -0.15) is 0 Å². The molecule has 0 aliphatic rings. The van der Waals surface area contributed by atoms with Gasteiger partial charge in [0.25, 0.3) is 0 Å². The predicted octanol–water partition coefficient (Wildman–Crippen LogP) is 3.34. The molecular weight excluding hydrogens is 378 g/mol. The Morgan fingerprint density at radius 2 is 0.690 bits per heavy atom. The van der Waals surface area contributed by atoms with Gasteiger partial charge < -0.3 is 0 Å². The van der Waals surface area contributed by atoms with Crippen LogP contribution in [-0.4, -0.2) is 30.4 Å². The minimum Gasteiger partial charge on any atom is -0.222 e. The Balaban J connectivity index is -0.000000173. The quantitative estimate of drug-likeness (QED) is 0.380. The fourth-order valence-corrected chi connectivity index (χ4v) is 1.68. The van der Waals surface area contributed by atoms with Crippen LogP contribution >= 0.6 is 0 Å². The van der Waals surface area contributed by atoms with Crippen molar-refractivity contribution in [2.24, 2.45) is 0 Å². The average Bonchev–Trinajstić information content (AvgIpc) is 2.72. The summed E-state index contributed by atoms with van der Waals surface area (Å²) < 4.78 is 0. The van der Waals surface area contributed by atoms with E-state index in [-0.39, 0.29) is 0 Å². The number of carbonyl (C=O) groups excluding carboxylic acids is 5. The molecule has 150 valence electrons. The van der Waals surface area contributed by atoms with Crippen LogP contribution in [-0.2, 0) is 24.0 Å². The molecule has 0 spiro atoms. The molecule has 0 saturated carbocycles. The van der Waals surface area contributed by atoms with E-state index in [1.165, 1.54) is 11.1 Å². The molecule has 5 N–H and O–H groups in total. The molecule has 10 heteroatoms. The van der Waals surface area contributed by atoms with Gasteiger partial charge in [0, 0.05) is 5.92 Å². The zero-order valence-corrected chi connectivity index (χ0v) is 15.4. The summed E-state index contributed by atoms with van der Waals surface area (Å²) in [5.41, 5.74) is 2.75. The van der Waals surface area contributed by atoms with Crippen LogP contribution in [0, 0.1) is 27.0 Å². The molecule has 29 heavy (non-hydrogen) atoms. The third kappa shape index (κ3) is 28.4. The second-order valence-corrected chi connectivity index (χ2v) is 4.05. The van der Waals surface area contributed by atoms with Crippen molar-refractivity contribution in [3.05, 3.63) is 71.8 Å². The highest BCUT2D eigenvalue weighted by Crippen LogP contribution is 2.22. The Morgan fingerprint density at radius 3 is 0.862 bits per heavy atom. The van der Waals surface area contributed by atoms with Crippen molar-refractivity contribution in [3.63, 3.8) is 0 Å². The minimum absolute atomic E-state index is 0.484. The summed E-state index contributed by atoms with van der Waals surface area (Å²) in [5, 5.41) is 27.0. The van der Waals surface area contributed by atoms with Gasteiger partial charge in [0.15, 0.2) is 0 Å². The molecule has 0 saturated heterocycles. The van der Waals surface area contributed by atoms with Crippen molar-refractivity contribution < 1.29 is 24.0 Å². The molecule has 0 aliphatic heterocycles. The predicted molar refractivity (Wildman–Crippen MR) is 102 cm³/mol. The lowest BCUT2D eigenvalue weighted by Gasteiger charge is -2.11. The number of hydrogen-bond donors (Lipinski definition) is 5. The molecule has 0 heterocycles. The lowest BCUT2D eigenvalue weighted by atomic mass is 9.93. The fourth-order valence-electron chi connectivity index (χ4n) is 1.68. The van der Waals surface area contributed by atoms with Crippen molar-refractivity contribution in [1.29, 1.82) is 27.0 Å². The van der Waals surface area contributed by atoms with Gasteiger partial charge in [-0.15, -0.1) is 0 Å². The van der Waals surface area contributed by atoms with E-state index in [1.807, 2.05) is 0 Å². The number of isocyanates is 5. The summed E-state index contributed by atoms with van der Waals surface area (Å²) in [5.74, 6) is 0.484. The van der Waals surface area contributed by atoms with Gasteiger partial charge >= 0.3 is 0 Å². The maximum atomic E-state index is 8.35. The highest BCUT2D eigenvalue weighted by Gasteiger charge is 2.05. The average molecular weight is 397 g/mol. The monoisotopic (exact) mass is 397 g/mol. The van der Waals surface area contributed by atoms with E-state index < -0.39 is 0 Å². The molecule has 2 aromatic rings. The topological polar surface area (TPSA) is 205 Å². The molecule has 2 aromatic carbocycles. The second-order valence-electron chi connectivity index (χ2n) is 4.05. The zero-order valence-electron chi connectivity index (χ0n) is 15.4. The third-order valence-electron chi connectivity index (χ3n) is 2.60. The van der Waals surface area contributed by atoms with Crippen LogP contribution in [0.2, 0.25) is 0 Å². The minimum atomic E-state index is 0.484. The van der Waals surface area contributed by atoms with Crippen LogP contribution in [0.4, 0.5) is 0 Å². The van der Waals surface area contributed by atoms with Crippen LogP contribution in [0.3, 0.4) is 0 Å². The van der Waals surface area contributed by atoms with Gasteiger partial charge in [0.2, 0.25) is 30.4 Å². The first-order chi connectivity index (χ1) is 13.9. The Labute approximate surface area is 166 Å². The lowest BCUT2D eigenvalue weighted by Crippen LogP contribution is -1.94. The summed E-state index contributed by atoms with van der Waals surface area (Å²) in [4.78, 5) is 41.7. The molecule has 0 amide bonds. The summed E-state index contributed by atoms with van der Waals surface area (Å²) >= 11 is 0. The summed E-state index contributed by atoms with van der Waals surface area (Å²) in [6.07, 6.45) is 3.75. The van der Waals surface area contributed by atoms with Crippen molar-refractivity contribution in [3.8, 4) is 0 Å². The molecule has 0 bridgehead atoms. The molecule has 2 rings (SSSR count). The highest BCUT2D eigenvalue weighted by molar-refractivity contribution is 5.31. The van der Waals surface area contributed by atoms with Crippen LogP contribution in [0.25, 0.3) is 0 Å². The Hall–Kier alpha value is -4.66. The maximum Gasteiger partial charge on any atom is 0.231 e. The number of nitrogens with one attached hydrogen (secondary N) is 5. The van der Waals surface area contributed by atoms with Gasteiger partial charge in [-0.05, 0) is 11.1 Å². The number of rotatable bonds is 2. The molecule has 0 radical (unpaired) electrons. The van der Waals surface area contributed by atoms with Gasteiger partial charge in [-0.3, -0.25) is 0 Å². The molecule has 0 unspecified atom stereocenters. The maximum absolute atomic E-state index is 8.35. The van der Waals surface area contributed by atoms with Crippen LogP contribution < -0.4 is 0 Å². The molecule has 0 atom stereocenters. The lowest BCUT2D eigenvalue weighted by molar-refractivity contribution is 0.562. The Kier molecular flexibility index (Phi) is 34.4. The first-order valence-electron chi connectivity index (χ1n) is 7.25. The number of hydrogen-bond acceptors (Lipinski definition) is 10. The summed E-state index contributed by atoms with van der Waals surface area (Å²) in [6, 6.07) is 21.2. The molecule has 10 nitrogen and oxygen atoms in total. The summed E-state index contributed by atoms with van der Waals surface area (Å²) in [7, 11) is 0. The van der Waals surface area contributed by atoms with Crippen molar-refractivity contribution in [2.75, 3.05) is 0 Å². The van der Waals surface area contributed by atoms with E-state index in [0.717, 1.165) is 30.4 Å². The van der Waals surface area contributed by atoms with Gasteiger partial charge in [0.05, 0.1) is 0 Å². The Morgan fingerprint density at radius 1 is 0.517 bits per heavy atom. The van der Waals surface area contributed by atoms with E-state index in [1.54, 1.807) is 0 Å². The van der Waals surface area contributed by atoms with Crippen LogP contribution in [0.5, 0.6) is 0 Å². The van der Waals surface area contributed by atoms with Crippen molar-refractivity contribution in [2.45, 2.75) is 12.8 Å². The molecule has 0 aromatic heterocycles. The van der Waals surface area contributed by atoms with E-state index in [4.69, 9.17) is 51.0 Å². The standard InChI is InChI=1S/C14H14.5CHNO/c1-12(13-8-4-2-5-9-13)14-10-6-3-7-11-14;5*2-1-3/h2-12H,1H3;5*2H. The van der Waals surface area contributed by atoms with Crippen LogP contribution in [0.15, 0.2) is 60.7 Å². The van der Waals surface area contributed by atoms with E-state index in [0.29, 0.717) is 5.92 Å². The zero-order chi connectivity index (χ0) is 23.3.